The fourth-order valence-electron chi connectivity index (χ4n) is 3.72. The topological polar surface area (TPSA) is 108 Å². The second kappa shape index (κ2) is 8.38. The number of alkyl halides is 3. The van der Waals surface area contributed by atoms with Gasteiger partial charge in [0.1, 0.15) is 16.3 Å². The van der Waals surface area contributed by atoms with Gasteiger partial charge in [-0.25, -0.2) is 15.0 Å². The quantitative estimate of drug-likeness (QED) is 0.462. The first kappa shape index (κ1) is 23.1. The molecule has 1 aliphatic carbocycles. The van der Waals surface area contributed by atoms with E-state index in [-0.39, 0.29) is 5.95 Å². The maximum Gasteiger partial charge on any atom is 0.433 e. The maximum absolute atomic E-state index is 12.9. The van der Waals surface area contributed by atoms with Crippen LogP contribution in [0.2, 0.25) is 0 Å². The zero-order chi connectivity index (χ0) is 23.9. The van der Waals surface area contributed by atoms with Crippen LogP contribution < -0.4 is 5.32 Å². The van der Waals surface area contributed by atoms with Crippen molar-refractivity contribution in [3.05, 3.63) is 53.4 Å². The van der Waals surface area contributed by atoms with Gasteiger partial charge in [-0.3, -0.25) is 4.79 Å². The van der Waals surface area contributed by atoms with E-state index in [0.29, 0.717) is 36.4 Å². The molecule has 3 aromatic rings. The molecule has 7 nitrogen and oxygen atoms in total. The zero-order valence-corrected chi connectivity index (χ0v) is 18.4. The van der Waals surface area contributed by atoms with Gasteiger partial charge in [0, 0.05) is 18.1 Å². The van der Waals surface area contributed by atoms with E-state index >= 15 is 0 Å². The Morgan fingerprint density at radius 1 is 1.15 bits per heavy atom. The average molecular weight is 478 g/mol. The lowest BCUT2D eigenvalue weighted by Crippen LogP contribution is -2.39. The summed E-state index contributed by atoms with van der Waals surface area (Å²) in [6.45, 7) is 1.69. The molecule has 0 radical (unpaired) electrons. The van der Waals surface area contributed by atoms with Crippen LogP contribution in [0, 0.1) is 5.41 Å². The molecule has 0 atom stereocenters. The number of nitrogens with one attached hydrogen (secondary N) is 1. The monoisotopic (exact) mass is 478 g/mol. The van der Waals surface area contributed by atoms with Gasteiger partial charge in [0.2, 0.25) is 5.95 Å². The number of benzene rings is 1. The number of carbonyl (C=O) groups is 1. The molecule has 1 fully saturated rings. The van der Waals surface area contributed by atoms with Gasteiger partial charge >= 0.3 is 12.1 Å². The lowest BCUT2D eigenvalue weighted by molar-refractivity contribution is -0.153. The molecule has 0 amide bonds. The van der Waals surface area contributed by atoms with Crippen molar-refractivity contribution in [2.45, 2.75) is 44.4 Å². The van der Waals surface area contributed by atoms with E-state index in [0.717, 1.165) is 22.7 Å². The van der Waals surface area contributed by atoms with Crippen molar-refractivity contribution in [3.8, 4) is 10.4 Å². The summed E-state index contributed by atoms with van der Waals surface area (Å²) < 4.78 is 38.7. The normalized spacial score (nSPS) is 23.3. The lowest BCUT2D eigenvalue weighted by Gasteiger charge is -2.38. The molecular weight excluding hydrogens is 457 g/mol. The Bertz CT molecular complexity index is 1170. The summed E-state index contributed by atoms with van der Waals surface area (Å²) >= 11 is 1.30. The van der Waals surface area contributed by atoms with Gasteiger partial charge in [0.05, 0.1) is 10.3 Å². The fourth-order valence-corrected chi connectivity index (χ4v) is 4.78. The van der Waals surface area contributed by atoms with Crippen LogP contribution in [0.4, 0.5) is 24.8 Å². The molecule has 0 spiro atoms. The van der Waals surface area contributed by atoms with Crippen LogP contribution in [-0.4, -0.2) is 31.1 Å². The summed E-state index contributed by atoms with van der Waals surface area (Å²) in [4.78, 5) is 24.0. The summed E-state index contributed by atoms with van der Waals surface area (Å²) in [7, 11) is 0. The predicted octanol–water partition coefficient (Wildman–Crippen LogP) is 5.22. The molecule has 2 aromatic heterocycles. The number of carboxylic acid groups (broad SMARTS) is 1. The second-order valence-electron chi connectivity index (χ2n) is 8.40. The summed E-state index contributed by atoms with van der Waals surface area (Å²) in [5.41, 5.74) is -1.82. The number of hydrogen-bond acceptors (Lipinski definition) is 7. The first-order valence-corrected chi connectivity index (χ1v) is 11.0. The highest BCUT2D eigenvalue weighted by molar-refractivity contribution is 7.15. The molecule has 2 heterocycles. The van der Waals surface area contributed by atoms with E-state index in [9.17, 15) is 28.2 Å². The van der Waals surface area contributed by atoms with E-state index in [4.69, 9.17) is 0 Å². The van der Waals surface area contributed by atoms with Gasteiger partial charge in [-0.05, 0) is 56.4 Å². The third-order valence-electron chi connectivity index (χ3n) is 5.95. The Balaban J connectivity index is 1.52. The van der Waals surface area contributed by atoms with Gasteiger partial charge in [-0.2, -0.15) is 13.2 Å². The number of thiazole rings is 1. The number of anilines is 2. The van der Waals surface area contributed by atoms with Crippen LogP contribution >= 0.6 is 11.3 Å². The average Bonchev–Trinajstić information content (AvgIpc) is 3.27. The minimum Gasteiger partial charge on any atom is -0.481 e. The molecule has 0 saturated heterocycles. The van der Waals surface area contributed by atoms with E-state index in [1.54, 1.807) is 31.3 Å². The van der Waals surface area contributed by atoms with Gasteiger partial charge < -0.3 is 15.5 Å². The van der Waals surface area contributed by atoms with E-state index in [1.165, 1.54) is 11.3 Å². The molecule has 11 heteroatoms. The minimum atomic E-state index is -4.57. The molecular formula is C22H21F3N4O3S. The number of carboxylic acids is 1. The number of nitrogens with zero attached hydrogens (tertiary/aromatic N) is 3. The number of halogens is 3. The van der Waals surface area contributed by atoms with Crippen molar-refractivity contribution >= 4 is 28.9 Å². The van der Waals surface area contributed by atoms with E-state index < -0.39 is 28.9 Å². The predicted molar refractivity (Wildman–Crippen MR) is 116 cm³/mol. The fraction of sp³-hybridized carbons (Fsp3) is 0.364. The molecule has 0 aliphatic heterocycles. The summed E-state index contributed by atoms with van der Waals surface area (Å²) in [5, 5.41) is 23.8. The number of aliphatic hydroxyl groups is 1. The number of aromatic nitrogens is 3. The summed E-state index contributed by atoms with van der Waals surface area (Å²) in [6.07, 6.45) is -0.592. The summed E-state index contributed by atoms with van der Waals surface area (Å²) in [5.74, 6) is -1.04. The van der Waals surface area contributed by atoms with Crippen LogP contribution in [0.5, 0.6) is 0 Å². The van der Waals surface area contributed by atoms with Crippen molar-refractivity contribution < 1.29 is 28.2 Å². The van der Waals surface area contributed by atoms with Crippen LogP contribution in [0.1, 0.15) is 43.3 Å². The first-order valence-electron chi connectivity index (χ1n) is 10.2. The van der Waals surface area contributed by atoms with E-state index in [2.05, 4.69) is 20.3 Å². The van der Waals surface area contributed by atoms with Crippen molar-refractivity contribution in [1.29, 1.82) is 0 Å². The van der Waals surface area contributed by atoms with E-state index in [1.807, 2.05) is 6.07 Å². The molecule has 0 unspecified atom stereocenters. The Kier molecular flexibility index (Phi) is 5.87. The van der Waals surface area contributed by atoms with Crippen molar-refractivity contribution in [3.63, 3.8) is 0 Å². The lowest BCUT2D eigenvalue weighted by atomic mass is 9.70. The van der Waals surface area contributed by atoms with Gasteiger partial charge in [0.15, 0.2) is 0 Å². The maximum atomic E-state index is 12.9. The third-order valence-corrected chi connectivity index (χ3v) is 7.19. The minimum absolute atomic E-state index is 0.176. The van der Waals surface area contributed by atoms with Crippen molar-refractivity contribution in [2.75, 3.05) is 5.32 Å². The molecule has 1 saturated carbocycles. The standard InChI is InChI=1S/C22H21F3N4O3S/c1-20(18(30)31)6-8-21(32,9-7-20)17-27-12-15(33-17)13-3-2-4-14(11-13)28-19-26-10-5-16(29-19)22(23,24)25/h2-5,10-12,32H,6-9H2,1H3,(H,30,31)(H,26,28,29)/t20-,21+. The number of rotatable bonds is 5. The highest BCUT2D eigenvalue weighted by Crippen LogP contribution is 2.47. The highest BCUT2D eigenvalue weighted by Gasteiger charge is 2.45. The Labute approximate surface area is 191 Å². The van der Waals surface area contributed by atoms with Crippen LogP contribution in [0.15, 0.2) is 42.7 Å². The summed E-state index contributed by atoms with van der Waals surface area (Å²) in [6, 6.07) is 7.76. The second-order valence-corrected chi connectivity index (χ2v) is 9.43. The molecule has 1 aromatic carbocycles. The highest BCUT2D eigenvalue weighted by atomic mass is 32.1. The van der Waals surface area contributed by atoms with Crippen LogP contribution in [0.25, 0.3) is 10.4 Å². The first-order chi connectivity index (χ1) is 15.5. The van der Waals surface area contributed by atoms with Gasteiger partial charge in [0.25, 0.3) is 0 Å². The molecule has 174 valence electrons. The van der Waals surface area contributed by atoms with Gasteiger partial charge in [-0.1, -0.05) is 12.1 Å². The third kappa shape index (κ3) is 4.83. The molecule has 4 rings (SSSR count). The largest absolute Gasteiger partial charge is 0.481 e. The van der Waals surface area contributed by atoms with Gasteiger partial charge in [-0.15, -0.1) is 11.3 Å². The Hall–Kier alpha value is -3.05. The molecule has 33 heavy (non-hydrogen) atoms. The Morgan fingerprint density at radius 3 is 2.55 bits per heavy atom. The number of aliphatic carboxylic acids is 1. The molecule has 0 bridgehead atoms. The zero-order valence-electron chi connectivity index (χ0n) is 17.6. The Morgan fingerprint density at radius 2 is 1.88 bits per heavy atom. The molecule has 1 aliphatic rings. The van der Waals surface area contributed by atoms with Crippen LogP contribution in [0.3, 0.4) is 0 Å². The smallest absolute Gasteiger partial charge is 0.433 e. The molecule has 3 N–H and O–H groups in total. The van der Waals surface area contributed by atoms with Crippen LogP contribution in [-0.2, 0) is 16.6 Å². The number of hydrogen-bond donors (Lipinski definition) is 3. The van der Waals surface area contributed by atoms with Crippen molar-refractivity contribution in [1.82, 2.24) is 15.0 Å². The SMILES string of the molecule is C[C@]1(C(=O)O)CC[C@](O)(c2ncc(-c3cccc(Nc4nccc(C(F)(F)F)n4)c3)s2)CC1. The van der Waals surface area contributed by atoms with Crippen molar-refractivity contribution in [2.24, 2.45) is 5.41 Å².